The standard InChI is InChI=1S/C19H30N2O4/c1-14(2)9-16(21-5-7-25-8-6-21)13-20-19(22)15-10-17(23-3)12-18(11-15)24-4/h10-12,14,16H,5-9,13H2,1-4H3,(H,20,22). The number of hydrogen-bond acceptors (Lipinski definition) is 5. The minimum Gasteiger partial charge on any atom is -0.497 e. The molecule has 1 amide bonds. The summed E-state index contributed by atoms with van der Waals surface area (Å²) in [4.78, 5) is 15.0. The van der Waals surface area contributed by atoms with Crippen LogP contribution in [-0.4, -0.2) is 63.9 Å². The first kappa shape index (κ1) is 19.5. The fraction of sp³-hybridized carbons (Fsp3) is 0.632. The van der Waals surface area contributed by atoms with E-state index in [1.54, 1.807) is 32.4 Å². The Balaban J connectivity index is 2.02. The van der Waals surface area contributed by atoms with Gasteiger partial charge in [0.25, 0.3) is 5.91 Å². The molecule has 1 aliphatic rings. The van der Waals surface area contributed by atoms with Gasteiger partial charge >= 0.3 is 0 Å². The number of carbonyl (C=O) groups excluding carboxylic acids is 1. The molecule has 0 spiro atoms. The third-order valence-corrected chi connectivity index (χ3v) is 4.42. The summed E-state index contributed by atoms with van der Waals surface area (Å²) in [6.45, 7) is 8.40. The molecule has 0 bridgehead atoms. The summed E-state index contributed by atoms with van der Waals surface area (Å²) in [6, 6.07) is 5.53. The van der Waals surface area contributed by atoms with E-state index in [1.165, 1.54) is 0 Å². The molecule has 1 unspecified atom stereocenters. The van der Waals surface area contributed by atoms with Gasteiger partial charge in [0, 0.05) is 37.3 Å². The molecule has 0 aliphatic carbocycles. The summed E-state index contributed by atoms with van der Waals surface area (Å²) in [6.07, 6.45) is 1.04. The lowest BCUT2D eigenvalue weighted by Crippen LogP contribution is -2.49. The van der Waals surface area contributed by atoms with E-state index < -0.39 is 0 Å². The molecule has 25 heavy (non-hydrogen) atoms. The van der Waals surface area contributed by atoms with Crippen LogP contribution in [-0.2, 0) is 4.74 Å². The number of benzene rings is 1. The molecular weight excluding hydrogens is 320 g/mol. The maximum absolute atomic E-state index is 12.6. The zero-order valence-electron chi connectivity index (χ0n) is 15.7. The van der Waals surface area contributed by atoms with Gasteiger partial charge in [-0.1, -0.05) is 13.8 Å². The average Bonchev–Trinajstić information content (AvgIpc) is 2.64. The summed E-state index contributed by atoms with van der Waals surface area (Å²) >= 11 is 0. The van der Waals surface area contributed by atoms with Gasteiger partial charge in [0.1, 0.15) is 11.5 Å². The van der Waals surface area contributed by atoms with Gasteiger partial charge < -0.3 is 19.5 Å². The highest BCUT2D eigenvalue weighted by atomic mass is 16.5. The summed E-state index contributed by atoms with van der Waals surface area (Å²) in [5, 5.41) is 3.07. The molecule has 0 saturated carbocycles. The van der Waals surface area contributed by atoms with Gasteiger partial charge in [0.2, 0.25) is 0 Å². The monoisotopic (exact) mass is 350 g/mol. The van der Waals surface area contributed by atoms with E-state index in [9.17, 15) is 4.79 Å². The zero-order chi connectivity index (χ0) is 18.2. The molecule has 2 rings (SSSR count). The van der Waals surface area contributed by atoms with Crippen LogP contribution in [0.4, 0.5) is 0 Å². The van der Waals surface area contributed by atoms with E-state index >= 15 is 0 Å². The molecule has 1 aromatic rings. The lowest BCUT2D eigenvalue weighted by Gasteiger charge is -2.35. The Bertz CT molecular complexity index is 534. The van der Waals surface area contributed by atoms with Crippen LogP contribution in [0.3, 0.4) is 0 Å². The molecule has 1 heterocycles. The Labute approximate surface area is 150 Å². The van der Waals surface area contributed by atoms with Crippen molar-refractivity contribution in [2.75, 3.05) is 47.1 Å². The normalized spacial score (nSPS) is 16.5. The van der Waals surface area contributed by atoms with E-state index in [0.29, 0.717) is 35.6 Å². The van der Waals surface area contributed by atoms with E-state index in [2.05, 4.69) is 24.1 Å². The third-order valence-electron chi connectivity index (χ3n) is 4.42. The average molecular weight is 350 g/mol. The van der Waals surface area contributed by atoms with Crippen molar-refractivity contribution in [2.24, 2.45) is 5.92 Å². The van der Waals surface area contributed by atoms with E-state index in [1.807, 2.05) is 0 Å². The molecule has 1 N–H and O–H groups in total. The van der Waals surface area contributed by atoms with Crippen molar-refractivity contribution in [1.29, 1.82) is 0 Å². The molecule has 1 fully saturated rings. The third kappa shape index (κ3) is 5.90. The van der Waals surface area contributed by atoms with Crippen LogP contribution in [0, 0.1) is 5.92 Å². The number of rotatable bonds is 8. The fourth-order valence-corrected chi connectivity index (χ4v) is 3.10. The minimum absolute atomic E-state index is 0.112. The predicted molar refractivity (Wildman–Crippen MR) is 97.5 cm³/mol. The number of nitrogens with one attached hydrogen (secondary N) is 1. The Morgan fingerprint density at radius 2 is 1.76 bits per heavy atom. The number of ether oxygens (including phenoxy) is 3. The summed E-state index contributed by atoms with van der Waals surface area (Å²) in [7, 11) is 3.15. The van der Waals surface area contributed by atoms with Crippen LogP contribution >= 0.6 is 0 Å². The largest absolute Gasteiger partial charge is 0.497 e. The van der Waals surface area contributed by atoms with Crippen molar-refractivity contribution >= 4 is 5.91 Å². The quantitative estimate of drug-likeness (QED) is 0.779. The molecule has 140 valence electrons. The Morgan fingerprint density at radius 1 is 1.16 bits per heavy atom. The van der Waals surface area contributed by atoms with Crippen molar-refractivity contribution in [1.82, 2.24) is 10.2 Å². The SMILES string of the molecule is COc1cc(OC)cc(C(=O)NCC(CC(C)C)N2CCOCC2)c1. The molecule has 6 heteroatoms. The van der Waals surface area contributed by atoms with Gasteiger partial charge in [-0.25, -0.2) is 0 Å². The zero-order valence-corrected chi connectivity index (χ0v) is 15.7. The second-order valence-electron chi connectivity index (χ2n) is 6.74. The van der Waals surface area contributed by atoms with E-state index in [4.69, 9.17) is 14.2 Å². The summed E-state index contributed by atoms with van der Waals surface area (Å²) in [5.41, 5.74) is 0.543. The van der Waals surface area contributed by atoms with Crippen LogP contribution in [0.2, 0.25) is 0 Å². The Kier molecular flexibility index (Phi) is 7.52. The highest BCUT2D eigenvalue weighted by Gasteiger charge is 2.22. The minimum atomic E-state index is -0.112. The van der Waals surface area contributed by atoms with Crippen LogP contribution in [0.1, 0.15) is 30.6 Å². The molecule has 0 radical (unpaired) electrons. The van der Waals surface area contributed by atoms with Crippen LogP contribution in [0.25, 0.3) is 0 Å². The fourth-order valence-electron chi connectivity index (χ4n) is 3.10. The van der Waals surface area contributed by atoms with Gasteiger partial charge in [-0.15, -0.1) is 0 Å². The van der Waals surface area contributed by atoms with Crippen LogP contribution in [0.5, 0.6) is 11.5 Å². The lowest BCUT2D eigenvalue weighted by molar-refractivity contribution is 0.0124. The predicted octanol–water partition coefficient (Wildman–Crippen LogP) is 2.18. The van der Waals surface area contributed by atoms with Crippen molar-refractivity contribution in [2.45, 2.75) is 26.3 Å². The van der Waals surface area contributed by atoms with Gasteiger partial charge in [0.15, 0.2) is 0 Å². The van der Waals surface area contributed by atoms with Crippen LogP contribution in [0.15, 0.2) is 18.2 Å². The number of hydrogen-bond donors (Lipinski definition) is 1. The van der Waals surface area contributed by atoms with Gasteiger partial charge in [0.05, 0.1) is 27.4 Å². The first-order valence-corrected chi connectivity index (χ1v) is 8.86. The first-order valence-electron chi connectivity index (χ1n) is 8.86. The van der Waals surface area contributed by atoms with Crippen molar-refractivity contribution in [3.63, 3.8) is 0 Å². The maximum Gasteiger partial charge on any atom is 0.251 e. The van der Waals surface area contributed by atoms with Crippen molar-refractivity contribution in [3.8, 4) is 11.5 Å². The first-order chi connectivity index (χ1) is 12.0. The number of carbonyl (C=O) groups is 1. The smallest absolute Gasteiger partial charge is 0.251 e. The van der Waals surface area contributed by atoms with Crippen LogP contribution < -0.4 is 14.8 Å². The molecular formula is C19H30N2O4. The van der Waals surface area contributed by atoms with Crippen molar-refractivity contribution < 1.29 is 19.0 Å². The molecule has 1 aromatic carbocycles. The summed E-state index contributed by atoms with van der Waals surface area (Å²) < 4.78 is 15.9. The second-order valence-corrected chi connectivity index (χ2v) is 6.74. The molecule has 1 saturated heterocycles. The topological polar surface area (TPSA) is 60.0 Å². The number of amides is 1. The second kappa shape index (κ2) is 9.63. The lowest BCUT2D eigenvalue weighted by atomic mass is 10.0. The number of methoxy groups -OCH3 is 2. The van der Waals surface area contributed by atoms with Gasteiger partial charge in [-0.2, -0.15) is 0 Å². The Morgan fingerprint density at radius 3 is 2.28 bits per heavy atom. The van der Waals surface area contributed by atoms with E-state index in [-0.39, 0.29) is 5.91 Å². The van der Waals surface area contributed by atoms with Gasteiger partial charge in [-0.05, 0) is 24.5 Å². The molecule has 6 nitrogen and oxygen atoms in total. The highest BCUT2D eigenvalue weighted by molar-refractivity contribution is 5.95. The molecule has 1 aliphatic heterocycles. The highest BCUT2D eigenvalue weighted by Crippen LogP contribution is 2.22. The van der Waals surface area contributed by atoms with Crippen molar-refractivity contribution in [3.05, 3.63) is 23.8 Å². The summed E-state index contributed by atoms with van der Waals surface area (Å²) in [5.74, 6) is 1.67. The maximum atomic E-state index is 12.6. The molecule has 0 aromatic heterocycles. The molecule has 1 atom stereocenters. The number of morpholine rings is 1. The van der Waals surface area contributed by atoms with Gasteiger partial charge in [-0.3, -0.25) is 9.69 Å². The Hall–Kier alpha value is -1.79. The van der Waals surface area contributed by atoms with E-state index in [0.717, 1.165) is 32.7 Å². The number of nitrogens with zero attached hydrogens (tertiary/aromatic N) is 1.